The van der Waals surface area contributed by atoms with Gasteiger partial charge in [-0.2, -0.15) is 0 Å². The van der Waals surface area contributed by atoms with E-state index < -0.39 is 23.9 Å². The first kappa shape index (κ1) is 105. The molecular formula is C88H172CeO8. The molecule has 0 rings (SSSR count). The molecule has 0 saturated heterocycles. The van der Waals surface area contributed by atoms with Crippen molar-refractivity contribution in [3.63, 3.8) is 0 Å². The van der Waals surface area contributed by atoms with Gasteiger partial charge in [0.05, 0.1) is 0 Å². The van der Waals surface area contributed by atoms with Crippen molar-refractivity contribution in [3.8, 4) is 0 Å². The fourth-order valence-electron chi connectivity index (χ4n) is 13.4. The van der Waals surface area contributed by atoms with Crippen molar-refractivity contribution in [3.05, 3.63) is 0 Å². The zero-order chi connectivity index (χ0) is 70.9. The van der Waals surface area contributed by atoms with E-state index in [1.165, 1.54) is 437 Å². The van der Waals surface area contributed by atoms with Crippen molar-refractivity contribution in [1.29, 1.82) is 0 Å². The Labute approximate surface area is 641 Å². The molecule has 0 bridgehead atoms. The van der Waals surface area contributed by atoms with Crippen LogP contribution in [-0.4, -0.2) is 23.9 Å². The standard InChI is InChI=1S/4C22H44O2.Ce/c4*1-2-3-4-5-6-7-8-9-10-11-12-13-14-15-16-17-18-19-20-21-22(23)24;/h4*2-21H2,1H3,(H,23,24);/q;;;;+4/p-4. The van der Waals surface area contributed by atoms with Crippen LogP contribution in [0.2, 0.25) is 0 Å². The quantitative estimate of drug-likeness (QED) is 0.0544. The summed E-state index contributed by atoms with van der Waals surface area (Å²) in [5.74, 6) is -3.60. The molecule has 0 aliphatic rings. The molecule has 0 atom stereocenters. The van der Waals surface area contributed by atoms with Crippen molar-refractivity contribution >= 4 is 23.9 Å². The average molecular weight is 1500 g/mol. The van der Waals surface area contributed by atoms with Crippen LogP contribution in [0.1, 0.15) is 541 Å². The normalized spacial score (nSPS) is 10.9. The maximum Gasteiger partial charge on any atom is 4.00 e. The molecule has 0 N–H and O–H groups in total. The summed E-state index contributed by atoms with van der Waals surface area (Å²) in [4.78, 5) is 41.1. The van der Waals surface area contributed by atoms with Gasteiger partial charge in [-0.3, -0.25) is 0 Å². The Morgan fingerprint density at radius 2 is 0.196 bits per heavy atom. The van der Waals surface area contributed by atoms with Gasteiger partial charge < -0.3 is 39.6 Å². The number of hydrogen-bond donors (Lipinski definition) is 0. The van der Waals surface area contributed by atoms with Crippen LogP contribution >= 0.6 is 0 Å². The Morgan fingerprint density at radius 3 is 0.258 bits per heavy atom. The third kappa shape index (κ3) is 120. The van der Waals surface area contributed by atoms with Gasteiger partial charge in [0.25, 0.3) is 0 Å². The maximum atomic E-state index is 10.3. The van der Waals surface area contributed by atoms with Crippen LogP contribution < -0.4 is 20.4 Å². The predicted octanol–water partition coefficient (Wildman–Crippen LogP) is 26.2. The van der Waals surface area contributed by atoms with Gasteiger partial charge in [-0.1, -0.05) is 490 Å². The van der Waals surface area contributed by atoms with Crippen LogP contribution in [0.15, 0.2) is 0 Å². The van der Waals surface area contributed by atoms with E-state index in [1.54, 1.807) is 0 Å². The summed E-state index contributed by atoms with van der Waals surface area (Å²) in [6.45, 7) is 9.12. The fraction of sp³-hybridized carbons (Fsp3) is 0.955. The summed E-state index contributed by atoms with van der Waals surface area (Å²) in [5.41, 5.74) is 0. The van der Waals surface area contributed by atoms with Gasteiger partial charge in [0.2, 0.25) is 0 Å². The Balaban J connectivity index is -0.000000386. The van der Waals surface area contributed by atoms with Crippen molar-refractivity contribution in [2.75, 3.05) is 0 Å². The van der Waals surface area contributed by atoms with Crippen LogP contribution in [0.3, 0.4) is 0 Å². The van der Waals surface area contributed by atoms with Gasteiger partial charge in [-0.25, -0.2) is 0 Å². The molecule has 97 heavy (non-hydrogen) atoms. The molecule has 576 valence electrons. The predicted molar refractivity (Wildman–Crippen MR) is 412 cm³/mol. The molecule has 0 aliphatic carbocycles. The molecule has 0 spiro atoms. The van der Waals surface area contributed by atoms with E-state index in [9.17, 15) is 39.6 Å². The van der Waals surface area contributed by atoms with Gasteiger partial charge in [0, 0.05) is 23.9 Å². The minimum Gasteiger partial charge on any atom is -0.550 e. The molecule has 0 radical (unpaired) electrons. The second-order valence-corrected chi connectivity index (χ2v) is 29.9. The SMILES string of the molecule is CCCCCCCCCCCCCCCCCCCCCC(=O)[O-].CCCCCCCCCCCCCCCCCCCCCC(=O)[O-].CCCCCCCCCCCCCCCCCCCCCC(=O)[O-].CCCCCCCCCCCCCCCCCCCCCC(=O)[O-].[Ce+4]. The summed E-state index contributed by atoms with van der Waals surface area (Å²) in [6, 6.07) is 0. The first-order chi connectivity index (χ1) is 47.1. The number of carbonyl (C=O) groups is 4. The van der Waals surface area contributed by atoms with E-state index in [-0.39, 0.29) is 67.4 Å². The number of aliphatic carboxylic acids is 4. The zero-order valence-electron chi connectivity index (χ0n) is 66.3. The summed E-state index contributed by atoms with van der Waals surface area (Å²) < 4.78 is 0. The number of carboxylic acid groups (broad SMARTS) is 4. The first-order valence-electron chi connectivity index (χ1n) is 43.9. The Kier molecular flexibility index (Phi) is 110. The molecule has 0 aromatic rings. The molecule has 0 amide bonds. The molecule has 0 unspecified atom stereocenters. The number of rotatable bonds is 80. The van der Waals surface area contributed by atoms with E-state index in [2.05, 4.69) is 27.7 Å². The van der Waals surface area contributed by atoms with E-state index in [0.717, 1.165) is 51.4 Å². The zero-order valence-corrected chi connectivity index (χ0v) is 69.5. The minimum absolute atomic E-state index is 0. The Hall–Kier alpha value is -0.743. The fourth-order valence-corrected chi connectivity index (χ4v) is 13.4. The van der Waals surface area contributed by atoms with Gasteiger partial charge in [-0.15, -0.1) is 0 Å². The monoisotopic (exact) mass is 1500 g/mol. The Morgan fingerprint density at radius 1 is 0.134 bits per heavy atom. The second kappa shape index (κ2) is 102. The molecule has 0 aromatic carbocycles. The molecule has 0 aromatic heterocycles. The van der Waals surface area contributed by atoms with Crippen LogP contribution in [-0.2, 0) is 19.2 Å². The van der Waals surface area contributed by atoms with E-state index in [1.807, 2.05) is 0 Å². The third-order valence-electron chi connectivity index (χ3n) is 19.9. The maximum absolute atomic E-state index is 10.3. The molecule has 0 saturated carbocycles. The number of carbonyl (C=O) groups excluding carboxylic acids is 4. The molecule has 9 heteroatoms. The van der Waals surface area contributed by atoms with E-state index in [4.69, 9.17) is 0 Å². The number of carboxylic acids is 4. The van der Waals surface area contributed by atoms with Crippen LogP contribution in [0, 0.1) is 41.7 Å². The molecule has 8 nitrogen and oxygen atoms in total. The molecule has 0 fully saturated rings. The van der Waals surface area contributed by atoms with E-state index in [0.29, 0.717) is 0 Å². The number of unbranched alkanes of at least 4 members (excludes halogenated alkanes) is 72. The molecular weight excluding hydrogens is 1330 g/mol. The first-order valence-corrected chi connectivity index (χ1v) is 43.9. The third-order valence-corrected chi connectivity index (χ3v) is 19.9. The van der Waals surface area contributed by atoms with Crippen molar-refractivity contribution in [1.82, 2.24) is 0 Å². The van der Waals surface area contributed by atoms with Gasteiger partial charge >= 0.3 is 41.7 Å². The molecule has 0 heterocycles. The summed E-state index contributed by atoms with van der Waals surface area (Å²) in [7, 11) is 0. The van der Waals surface area contributed by atoms with Crippen LogP contribution in [0.25, 0.3) is 0 Å². The van der Waals surface area contributed by atoms with Gasteiger partial charge in [0.1, 0.15) is 0 Å². The van der Waals surface area contributed by atoms with Crippen molar-refractivity contribution in [2.24, 2.45) is 0 Å². The minimum atomic E-state index is -0.901. The van der Waals surface area contributed by atoms with E-state index >= 15 is 0 Å². The van der Waals surface area contributed by atoms with Crippen LogP contribution in [0.5, 0.6) is 0 Å². The van der Waals surface area contributed by atoms with Crippen molar-refractivity contribution < 1.29 is 81.4 Å². The van der Waals surface area contributed by atoms with Gasteiger partial charge in [-0.05, 0) is 51.4 Å². The largest absolute Gasteiger partial charge is 4.00 e. The summed E-state index contributed by atoms with van der Waals surface area (Å²) >= 11 is 0. The average Bonchev–Trinajstić information content (AvgIpc) is 3.57. The van der Waals surface area contributed by atoms with Crippen molar-refractivity contribution in [2.45, 2.75) is 541 Å². The topological polar surface area (TPSA) is 161 Å². The van der Waals surface area contributed by atoms with Crippen LogP contribution in [0.4, 0.5) is 0 Å². The Bertz CT molecular complexity index is 1220. The molecule has 0 aliphatic heterocycles. The smallest absolute Gasteiger partial charge is 0.550 e. The summed E-state index contributed by atoms with van der Waals surface area (Å²) in [6.07, 6.45) is 103. The summed E-state index contributed by atoms with van der Waals surface area (Å²) in [5, 5.41) is 41.1. The number of hydrogen-bond acceptors (Lipinski definition) is 8. The van der Waals surface area contributed by atoms with Gasteiger partial charge in [0.15, 0.2) is 0 Å². The second-order valence-electron chi connectivity index (χ2n) is 29.9.